The highest BCUT2D eigenvalue weighted by Gasteiger charge is 2.26. The molecule has 9 heteroatoms. The minimum absolute atomic E-state index is 0.0677. The van der Waals surface area contributed by atoms with Gasteiger partial charge in [-0.3, -0.25) is 10.1 Å². The summed E-state index contributed by atoms with van der Waals surface area (Å²) < 4.78 is 10.5. The lowest BCUT2D eigenvalue weighted by Crippen LogP contribution is -2.45. The molecule has 1 amide bonds. The van der Waals surface area contributed by atoms with Gasteiger partial charge in [-0.25, -0.2) is 9.59 Å². The Morgan fingerprint density at radius 3 is 2.17 bits per heavy atom. The van der Waals surface area contributed by atoms with Crippen molar-refractivity contribution in [3.8, 4) is 5.75 Å². The fourth-order valence-corrected chi connectivity index (χ4v) is 2.48. The number of nitrogens with zero attached hydrogens (tertiary/aromatic N) is 1. The second kappa shape index (κ2) is 9.73. The maximum absolute atomic E-state index is 12.6. The Kier molecular flexibility index (Phi) is 7.35. The highest BCUT2D eigenvalue weighted by atomic mass is 16.6. The molecule has 0 saturated heterocycles. The molecule has 1 atom stereocenters. The molecule has 0 saturated carbocycles. The number of ether oxygens (including phenoxy) is 2. The molecule has 0 spiro atoms. The summed E-state index contributed by atoms with van der Waals surface area (Å²) in [6.45, 7) is 5.00. The van der Waals surface area contributed by atoms with E-state index < -0.39 is 28.6 Å². The van der Waals surface area contributed by atoms with Crippen LogP contribution in [0.3, 0.4) is 0 Å². The van der Waals surface area contributed by atoms with E-state index in [4.69, 9.17) is 9.47 Å². The van der Waals surface area contributed by atoms with E-state index in [2.05, 4.69) is 5.32 Å². The average Bonchev–Trinajstić information content (AvgIpc) is 2.66. The van der Waals surface area contributed by atoms with Gasteiger partial charge in [0.1, 0.15) is 24.0 Å². The molecule has 0 aliphatic rings. The Bertz CT molecular complexity index is 887. The number of non-ortho nitro benzene ring substituents is 1. The van der Waals surface area contributed by atoms with Gasteiger partial charge in [0.25, 0.3) is 5.69 Å². The van der Waals surface area contributed by atoms with E-state index in [1.807, 2.05) is 0 Å². The predicted octanol–water partition coefficient (Wildman–Crippen LogP) is 3.48. The summed E-state index contributed by atoms with van der Waals surface area (Å²) in [5.74, 6) is -0.608. The molecule has 0 fully saturated rings. The number of carbonyl (C=O) groups is 2. The number of phenols is 1. The van der Waals surface area contributed by atoms with E-state index in [1.54, 1.807) is 32.9 Å². The number of phenolic OH excluding ortho intramolecular Hbond substituents is 1. The number of hydrogen-bond donors (Lipinski definition) is 2. The zero-order chi connectivity index (χ0) is 22.3. The third-order valence-electron chi connectivity index (χ3n) is 3.88. The zero-order valence-corrected chi connectivity index (χ0v) is 17.0. The first-order valence-corrected chi connectivity index (χ1v) is 9.21. The Morgan fingerprint density at radius 2 is 1.63 bits per heavy atom. The van der Waals surface area contributed by atoms with Crippen LogP contribution in [0.4, 0.5) is 10.5 Å². The van der Waals surface area contributed by atoms with E-state index in [0.717, 1.165) is 0 Å². The lowest BCUT2D eigenvalue weighted by Gasteiger charge is -2.23. The topological polar surface area (TPSA) is 128 Å². The third kappa shape index (κ3) is 7.42. The summed E-state index contributed by atoms with van der Waals surface area (Å²) in [4.78, 5) is 35.0. The second-order valence-electron chi connectivity index (χ2n) is 7.60. The highest BCUT2D eigenvalue weighted by Crippen LogP contribution is 2.15. The maximum atomic E-state index is 12.6. The number of rotatable bonds is 7. The predicted molar refractivity (Wildman–Crippen MR) is 108 cm³/mol. The van der Waals surface area contributed by atoms with Gasteiger partial charge in [-0.15, -0.1) is 0 Å². The van der Waals surface area contributed by atoms with Gasteiger partial charge < -0.3 is 19.9 Å². The number of nitrogens with one attached hydrogen (secondary N) is 1. The standard InChI is InChI=1S/C21H24N2O7/c1-21(2,3)30-20(26)22-18(12-14-6-10-17(24)11-7-14)19(25)29-13-15-4-8-16(9-5-15)23(27)28/h4-11,18,24H,12-13H2,1-3H3,(H,22,26)/t18-/m0/s1. The number of carbonyl (C=O) groups excluding carboxylic acids is 2. The molecule has 0 unspecified atom stereocenters. The molecule has 0 aliphatic carbocycles. The third-order valence-corrected chi connectivity index (χ3v) is 3.88. The van der Waals surface area contributed by atoms with Crippen LogP contribution in [0.5, 0.6) is 5.75 Å². The molecule has 0 heterocycles. The molecule has 2 rings (SSSR count). The summed E-state index contributed by atoms with van der Waals surface area (Å²) in [7, 11) is 0. The van der Waals surface area contributed by atoms with Gasteiger partial charge in [0.15, 0.2) is 0 Å². The van der Waals surface area contributed by atoms with Crippen LogP contribution in [0.25, 0.3) is 0 Å². The number of nitro groups is 1. The van der Waals surface area contributed by atoms with Crippen molar-refractivity contribution in [1.29, 1.82) is 0 Å². The van der Waals surface area contributed by atoms with Gasteiger partial charge in [0.05, 0.1) is 4.92 Å². The lowest BCUT2D eigenvalue weighted by molar-refractivity contribution is -0.384. The molecular weight excluding hydrogens is 392 g/mol. The zero-order valence-electron chi connectivity index (χ0n) is 17.0. The van der Waals surface area contributed by atoms with Gasteiger partial charge in [-0.1, -0.05) is 12.1 Å². The number of aromatic hydroxyl groups is 1. The number of benzene rings is 2. The van der Waals surface area contributed by atoms with E-state index in [9.17, 15) is 24.8 Å². The maximum Gasteiger partial charge on any atom is 0.408 e. The van der Waals surface area contributed by atoms with E-state index in [0.29, 0.717) is 11.1 Å². The molecule has 0 bridgehead atoms. The molecule has 0 aromatic heterocycles. The van der Waals surface area contributed by atoms with Crippen LogP contribution in [0.1, 0.15) is 31.9 Å². The summed E-state index contributed by atoms with van der Waals surface area (Å²) in [6.07, 6.45) is -0.642. The highest BCUT2D eigenvalue weighted by molar-refractivity contribution is 5.81. The largest absolute Gasteiger partial charge is 0.508 e. The van der Waals surface area contributed by atoms with Crippen molar-refractivity contribution in [3.63, 3.8) is 0 Å². The van der Waals surface area contributed by atoms with Gasteiger partial charge in [0.2, 0.25) is 0 Å². The van der Waals surface area contributed by atoms with Crippen molar-refractivity contribution in [3.05, 3.63) is 69.8 Å². The van der Waals surface area contributed by atoms with E-state index in [1.165, 1.54) is 36.4 Å². The number of amides is 1. The van der Waals surface area contributed by atoms with E-state index in [-0.39, 0.29) is 24.5 Å². The minimum Gasteiger partial charge on any atom is -0.508 e. The van der Waals surface area contributed by atoms with Gasteiger partial charge in [0, 0.05) is 18.6 Å². The molecule has 0 aliphatic heterocycles. The number of alkyl carbamates (subject to hydrolysis) is 1. The van der Waals surface area contributed by atoms with Crippen LogP contribution in [0, 0.1) is 10.1 Å². The average molecular weight is 416 g/mol. The SMILES string of the molecule is CC(C)(C)OC(=O)N[C@@H](Cc1ccc(O)cc1)C(=O)OCc1ccc([N+](=O)[O-])cc1. The van der Waals surface area contributed by atoms with Gasteiger partial charge in [-0.05, 0) is 56.2 Å². The first kappa shape index (κ1) is 22.7. The summed E-state index contributed by atoms with van der Waals surface area (Å²) in [6, 6.07) is 10.8. The van der Waals surface area contributed by atoms with Gasteiger partial charge in [-0.2, -0.15) is 0 Å². The van der Waals surface area contributed by atoms with Crippen molar-refractivity contribution in [1.82, 2.24) is 5.32 Å². The normalized spacial score (nSPS) is 12.0. The van der Waals surface area contributed by atoms with Gasteiger partial charge >= 0.3 is 12.1 Å². The molecule has 2 N–H and O–H groups in total. The summed E-state index contributed by atoms with van der Waals surface area (Å²) in [5, 5.41) is 22.6. The molecule has 2 aromatic carbocycles. The number of esters is 1. The van der Waals surface area contributed by atoms with Crippen molar-refractivity contribution in [2.75, 3.05) is 0 Å². The van der Waals surface area contributed by atoms with E-state index >= 15 is 0 Å². The van der Waals surface area contributed by atoms with Crippen molar-refractivity contribution in [2.45, 2.75) is 45.4 Å². The Labute approximate surface area is 173 Å². The molecular formula is C21H24N2O7. The molecule has 160 valence electrons. The van der Waals surface area contributed by atoms with Crippen LogP contribution < -0.4 is 5.32 Å². The number of nitro benzene ring substituents is 1. The quantitative estimate of drug-likeness (QED) is 0.402. The minimum atomic E-state index is -1.03. The van der Waals surface area contributed by atoms with Crippen LogP contribution in [-0.4, -0.2) is 33.7 Å². The fraction of sp³-hybridized carbons (Fsp3) is 0.333. The monoisotopic (exact) mass is 416 g/mol. The van der Waals surface area contributed by atoms with Crippen molar-refractivity contribution < 1.29 is 29.1 Å². The second-order valence-corrected chi connectivity index (χ2v) is 7.60. The summed E-state index contributed by atoms with van der Waals surface area (Å²) >= 11 is 0. The number of hydrogen-bond acceptors (Lipinski definition) is 7. The van der Waals surface area contributed by atoms with Crippen LogP contribution in [0.2, 0.25) is 0 Å². The molecule has 30 heavy (non-hydrogen) atoms. The molecule has 9 nitrogen and oxygen atoms in total. The Balaban J connectivity index is 2.07. The van der Waals surface area contributed by atoms with Crippen LogP contribution in [-0.2, 0) is 27.3 Å². The Hall–Kier alpha value is -3.62. The fourth-order valence-electron chi connectivity index (χ4n) is 2.48. The first-order chi connectivity index (χ1) is 14.0. The van der Waals surface area contributed by atoms with Crippen molar-refractivity contribution >= 4 is 17.7 Å². The lowest BCUT2D eigenvalue weighted by atomic mass is 10.1. The Morgan fingerprint density at radius 1 is 1.07 bits per heavy atom. The van der Waals surface area contributed by atoms with Crippen LogP contribution in [0.15, 0.2) is 48.5 Å². The van der Waals surface area contributed by atoms with Crippen molar-refractivity contribution in [2.24, 2.45) is 0 Å². The first-order valence-electron chi connectivity index (χ1n) is 9.21. The van der Waals surface area contributed by atoms with Crippen LogP contribution >= 0.6 is 0 Å². The molecule has 2 aromatic rings. The smallest absolute Gasteiger partial charge is 0.408 e. The molecule has 0 radical (unpaired) electrons. The summed E-state index contributed by atoms with van der Waals surface area (Å²) in [5.41, 5.74) is 0.452.